The summed E-state index contributed by atoms with van der Waals surface area (Å²) >= 11 is 0. The molecular weight excluding hydrogens is 334 g/mol. The van der Waals surface area contributed by atoms with E-state index in [9.17, 15) is 9.59 Å². The Morgan fingerprint density at radius 2 is 2.00 bits per heavy atom. The van der Waals surface area contributed by atoms with Gasteiger partial charge >= 0.3 is 5.63 Å². The standard InChI is InChI=1S/C19H23N3O4/c23-18(22-8-5-15(12-22)21-9-6-20-7-10-21)13-25-16-3-1-14-2-4-19(24)26-17(14)11-16/h1-4,11,15,20H,5-10,12-13H2. The molecule has 1 aromatic heterocycles. The molecule has 0 aliphatic carbocycles. The molecule has 7 nitrogen and oxygen atoms in total. The van der Waals surface area contributed by atoms with Gasteiger partial charge in [-0.25, -0.2) is 4.79 Å². The number of fused-ring (bicyclic) bond motifs is 1. The van der Waals surface area contributed by atoms with E-state index in [2.05, 4.69) is 10.2 Å². The third kappa shape index (κ3) is 3.73. The summed E-state index contributed by atoms with van der Waals surface area (Å²) in [6.45, 7) is 5.68. The van der Waals surface area contributed by atoms with Crippen molar-refractivity contribution in [2.45, 2.75) is 12.5 Å². The maximum absolute atomic E-state index is 12.5. The van der Waals surface area contributed by atoms with Crippen LogP contribution in [0.1, 0.15) is 6.42 Å². The molecule has 0 bridgehead atoms. The number of rotatable bonds is 4. The Morgan fingerprint density at radius 3 is 2.85 bits per heavy atom. The van der Waals surface area contributed by atoms with Gasteiger partial charge < -0.3 is 19.4 Å². The minimum atomic E-state index is -0.401. The first-order chi connectivity index (χ1) is 12.7. The minimum absolute atomic E-state index is 0.00255. The fourth-order valence-electron chi connectivity index (χ4n) is 3.68. The second-order valence-corrected chi connectivity index (χ2v) is 6.81. The van der Waals surface area contributed by atoms with E-state index in [4.69, 9.17) is 9.15 Å². The Morgan fingerprint density at radius 1 is 1.19 bits per heavy atom. The van der Waals surface area contributed by atoms with Gasteiger partial charge in [0.1, 0.15) is 11.3 Å². The van der Waals surface area contributed by atoms with Crippen molar-refractivity contribution >= 4 is 16.9 Å². The van der Waals surface area contributed by atoms with Crippen molar-refractivity contribution in [1.29, 1.82) is 0 Å². The molecule has 7 heteroatoms. The first kappa shape index (κ1) is 17.1. The van der Waals surface area contributed by atoms with Crippen molar-refractivity contribution in [3.8, 4) is 5.75 Å². The van der Waals surface area contributed by atoms with Crippen molar-refractivity contribution in [3.05, 3.63) is 40.8 Å². The molecule has 2 aliphatic heterocycles. The Labute approximate surface area is 151 Å². The van der Waals surface area contributed by atoms with E-state index >= 15 is 0 Å². The van der Waals surface area contributed by atoms with E-state index < -0.39 is 5.63 Å². The molecule has 2 saturated heterocycles. The lowest BCUT2D eigenvalue weighted by atomic mass is 10.2. The average Bonchev–Trinajstić information content (AvgIpc) is 3.17. The highest BCUT2D eigenvalue weighted by molar-refractivity contribution is 5.79. The highest BCUT2D eigenvalue weighted by Gasteiger charge is 2.30. The predicted molar refractivity (Wildman–Crippen MR) is 97.4 cm³/mol. The van der Waals surface area contributed by atoms with E-state index in [1.165, 1.54) is 6.07 Å². The van der Waals surface area contributed by atoms with Gasteiger partial charge in [-0.2, -0.15) is 0 Å². The number of ether oxygens (including phenoxy) is 1. The third-order valence-electron chi connectivity index (χ3n) is 5.14. The maximum atomic E-state index is 12.5. The van der Waals surface area contributed by atoms with E-state index in [-0.39, 0.29) is 12.5 Å². The summed E-state index contributed by atoms with van der Waals surface area (Å²) in [5.41, 5.74) is 0.0594. The second-order valence-electron chi connectivity index (χ2n) is 6.81. The Kier molecular flexibility index (Phi) is 4.90. The molecule has 138 valence electrons. The van der Waals surface area contributed by atoms with E-state index in [0.717, 1.165) is 51.1 Å². The lowest BCUT2D eigenvalue weighted by molar-refractivity contribution is -0.132. The second kappa shape index (κ2) is 7.47. The predicted octanol–water partition coefficient (Wildman–Crippen LogP) is 0.678. The van der Waals surface area contributed by atoms with Crippen LogP contribution in [-0.2, 0) is 4.79 Å². The monoisotopic (exact) mass is 357 g/mol. The molecule has 0 spiro atoms. The van der Waals surface area contributed by atoms with Crippen molar-refractivity contribution in [2.75, 3.05) is 45.9 Å². The molecule has 26 heavy (non-hydrogen) atoms. The lowest BCUT2D eigenvalue weighted by Gasteiger charge is -2.32. The number of piperazine rings is 1. The molecule has 1 aromatic carbocycles. The van der Waals surface area contributed by atoms with Crippen molar-refractivity contribution in [2.24, 2.45) is 0 Å². The van der Waals surface area contributed by atoms with Crippen LogP contribution < -0.4 is 15.7 Å². The van der Waals surface area contributed by atoms with Gasteiger partial charge in [0, 0.05) is 62.8 Å². The van der Waals surface area contributed by atoms with Crippen molar-refractivity contribution < 1.29 is 13.9 Å². The molecular formula is C19H23N3O4. The smallest absolute Gasteiger partial charge is 0.336 e. The summed E-state index contributed by atoms with van der Waals surface area (Å²) in [5, 5.41) is 4.18. The first-order valence-corrected chi connectivity index (χ1v) is 9.08. The van der Waals surface area contributed by atoms with Crippen LogP contribution in [-0.4, -0.2) is 67.6 Å². The van der Waals surface area contributed by atoms with Gasteiger partial charge in [-0.1, -0.05) is 0 Å². The number of likely N-dealkylation sites (tertiary alicyclic amines) is 1. The maximum Gasteiger partial charge on any atom is 0.336 e. The number of carbonyl (C=O) groups excluding carboxylic acids is 1. The molecule has 0 saturated carbocycles. The zero-order valence-corrected chi connectivity index (χ0v) is 14.6. The Hall–Kier alpha value is -2.38. The van der Waals surface area contributed by atoms with Gasteiger partial charge in [-0.3, -0.25) is 9.69 Å². The SMILES string of the molecule is O=C(COc1ccc2ccc(=O)oc2c1)N1CCC(N2CCNCC2)C1. The summed E-state index contributed by atoms with van der Waals surface area (Å²) in [5.74, 6) is 0.523. The summed E-state index contributed by atoms with van der Waals surface area (Å²) < 4.78 is 10.8. The lowest BCUT2D eigenvalue weighted by Crippen LogP contribution is -2.49. The number of hydrogen-bond donors (Lipinski definition) is 1. The van der Waals surface area contributed by atoms with Crippen LogP contribution in [0.15, 0.2) is 39.5 Å². The molecule has 2 aromatic rings. The normalized spacial score (nSPS) is 21.2. The van der Waals surface area contributed by atoms with Crippen LogP contribution in [0.5, 0.6) is 5.75 Å². The highest BCUT2D eigenvalue weighted by atomic mass is 16.5. The fraction of sp³-hybridized carbons (Fsp3) is 0.474. The highest BCUT2D eigenvalue weighted by Crippen LogP contribution is 2.20. The van der Waals surface area contributed by atoms with Crippen LogP contribution in [0.2, 0.25) is 0 Å². The fourth-order valence-corrected chi connectivity index (χ4v) is 3.68. The molecule has 1 atom stereocenters. The molecule has 3 heterocycles. The van der Waals surface area contributed by atoms with Gasteiger partial charge in [-0.05, 0) is 24.6 Å². The van der Waals surface area contributed by atoms with Crippen LogP contribution in [0.4, 0.5) is 0 Å². The van der Waals surface area contributed by atoms with Crippen LogP contribution >= 0.6 is 0 Å². The molecule has 0 radical (unpaired) electrons. The minimum Gasteiger partial charge on any atom is -0.484 e. The molecule has 1 N–H and O–H groups in total. The van der Waals surface area contributed by atoms with Gasteiger partial charge in [0.2, 0.25) is 0 Å². The summed E-state index contributed by atoms with van der Waals surface area (Å²) in [6.07, 6.45) is 1.02. The summed E-state index contributed by atoms with van der Waals surface area (Å²) in [4.78, 5) is 28.1. The molecule has 1 amide bonds. The number of benzene rings is 1. The molecule has 2 fully saturated rings. The van der Waals surface area contributed by atoms with Gasteiger partial charge in [0.05, 0.1) is 0 Å². The van der Waals surface area contributed by atoms with Crippen LogP contribution in [0, 0.1) is 0 Å². The number of amides is 1. The quantitative estimate of drug-likeness (QED) is 0.811. The van der Waals surface area contributed by atoms with Gasteiger partial charge in [0.25, 0.3) is 5.91 Å². The van der Waals surface area contributed by atoms with E-state index in [1.807, 2.05) is 11.0 Å². The number of nitrogens with one attached hydrogen (secondary N) is 1. The third-order valence-corrected chi connectivity index (χ3v) is 5.14. The number of hydrogen-bond acceptors (Lipinski definition) is 6. The number of carbonyl (C=O) groups is 1. The van der Waals surface area contributed by atoms with Crippen LogP contribution in [0.25, 0.3) is 11.0 Å². The van der Waals surface area contributed by atoms with E-state index in [0.29, 0.717) is 17.4 Å². The van der Waals surface area contributed by atoms with Crippen LogP contribution in [0.3, 0.4) is 0 Å². The molecule has 2 aliphatic rings. The molecule has 1 unspecified atom stereocenters. The topological polar surface area (TPSA) is 75.0 Å². The summed E-state index contributed by atoms with van der Waals surface area (Å²) in [7, 11) is 0. The van der Waals surface area contributed by atoms with E-state index in [1.54, 1.807) is 18.2 Å². The number of nitrogens with zero attached hydrogens (tertiary/aromatic N) is 2. The largest absolute Gasteiger partial charge is 0.484 e. The average molecular weight is 357 g/mol. The summed E-state index contributed by atoms with van der Waals surface area (Å²) in [6, 6.07) is 8.79. The zero-order chi connectivity index (χ0) is 17.9. The first-order valence-electron chi connectivity index (χ1n) is 9.08. The Bertz CT molecular complexity index is 844. The van der Waals surface area contributed by atoms with Gasteiger partial charge in [0.15, 0.2) is 6.61 Å². The zero-order valence-electron chi connectivity index (χ0n) is 14.6. The van der Waals surface area contributed by atoms with Crippen molar-refractivity contribution in [1.82, 2.24) is 15.1 Å². The van der Waals surface area contributed by atoms with Gasteiger partial charge in [-0.15, -0.1) is 0 Å². The Balaban J connectivity index is 1.33. The van der Waals surface area contributed by atoms with Crippen molar-refractivity contribution in [3.63, 3.8) is 0 Å². The molecule has 4 rings (SSSR count).